The van der Waals surface area contributed by atoms with E-state index in [1.807, 2.05) is 36.4 Å². The molecule has 0 amide bonds. The third kappa shape index (κ3) is 4.42. The van der Waals surface area contributed by atoms with Crippen LogP contribution in [0.1, 0.15) is 22.3 Å². The summed E-state index contributed by atoms with van der Waals surface area (Å²) >= 11 is 0. The molecule has 3 heteroatoms. The summed E-state index contributed by atoms with van der Waals surface area (Å²) < 4.78 is 6.54. The Morgan fingerprint density at radius 1 is 0.407 bits per heavy atom. The molecule has 0 saturated heterocycles. The van der Waals surface area contributed by atoms with Gasteiger partial charge in [0, 0.05) is 16.5 Å². The zero-order valence-corrected chi connectivity index (χ0v) is 29.3. The number of aromatic nitrogens is 2. The first kappa shape index (κ1) is 30.5. The van der Waals surface area contributed by atoms with E-state index in [2.05, 4.69) is 158 Å². The fourth-order valence-corrected chi connectivity index (χ4v) is 8.86. The molecule has 10 aromatic rings. The molecule has 1 aliphatic carbocycles. The molecule has 0 saturated carbocycles. The number of fused-ring (bicyclic) bond motifs is 7. The van der Waals surface area contributed by atoms with E-state index in [1.54, 1.807) is 0 Å². The molecule has 0 N–H and O–H groups in total. The highest BCUT2D eigenvalue weighted by Gasteiger charge is 2.46. The minimum absolute atomic E-state index is 0.574. The number of rotatable bonds is 5. The third-order valence-electron chi connectivity index (χ3n) is 11.2. The Labute approximate surface area is 312 Å². The van der Waals surface area contributed by atoms with Gasteiger partial charge in [-0.2, -0.15) is 0 Å². The van der Waals surface area contributed by atoms with Gasteiger partial charge in [-0.3, -0.25) is 0 Å². The van der Waals surface area contributed by atoms with Crippen LogP contribution in [-0.2, 0) is 5.41 Å². The van der Waals surface area contributed by atoms with Crippen LogP contribution in [0.4, 0.5) is 0 Å². The second kappa shape index (κ2) is 12.0. The SMILES string of the molecule is c1ccc(-c2nc(-c3cc4c(cc3-c3cccc5ccccc35)-c3ccccc3C4(c3ccccc3)c3ccccc3)nc3c2oc2ccccc23)cc1. The Bertz CT molecular complexity index is 2990. The molecule has 0 radical (unpaired) electrons. The second-order valence-electron chi connectivity index (χ2n) is 14.0. The van der Waals surface area contributed by atoms with Gasteiger partial charge in [-0.25, -0.2) is 9.97 Å². The zero-order valence-electron chi connectivity index (χ0n) is 29.3. The smallest absolute Gasteiger partial charge is 0.180 e. The van der Waals surface area contributed by atoms with Crippen molar-refractivity contribution in [2.24, 2.45) is 0 Å². The number of para-hydroxylation sites is 1. The average molecular weight is 689 g/mol. The molecular weight excluding hydrogens is 657 g/mol. The minimum Gasteiger partial charge on any atom is -0.452 e. The van der Waals surface area contributed by atoms with Gasteiger partial charge in [0.15, 0.2) is 11.4 Å². The van der Waals surface area contributed by atoms with Crippen molar-refractivity contribution in [3.63, 3.8) is 0 Å². The first-order valence-corrected chi connectivity index (χ1v) is 18.4. The van der Waals surface area contributed by atoms with E-state index in [0.29, 0.717) is 11.4 Å². The van der Waals surface area contributed by atoms with Crippen LogP contribution in [0.3, 0.4) is 0 Å². The third-order valence-corrected chi connectivity index (χ3v) is 11.2. The molecule has 0 atom stereocenters. The summed E-state index contributed by atoms with van der Waals surface area (Å²) in [5, 5.41) is 3.34. The highest BCUT2D eigenvalue weighted by Crippen LogP contribution is 2.58. The van der Waals surface area contributed by atoms with Gasteiger partial charge in [0.2, 0.25) is 0 Å². The topological polar surface area (TPSA) is 38.9 Å². The predicted octanol–water partition coefficient (Wildman–Crippen LogP) is 12.9. The van der Waals surface area contributed by atoms with Crippen LogP contribution in [0, 0.1) is 0 Å². The molecule has 8 aromatic carbocycles. The molecule has 3 nitrogen and oxygen atoms in total. The molecule has 0 aliphatic heterocycles. The Morgan fingerprint density at radius 3 is 1.80 bits per heavy atom. The van der Waals surface area contributed by atoms with E-state index < -0.39 is 5.41 Å². The molecular formula is C51H32N2O. The summed E-state index contributed by atoms with van der Waals surface area (Å²) in [5.41, 5.74) is 14.0. The van der Waals surface area contributed by atoms with E-state index in [9.17, 15) is 0 Å². The van der Waals surface area contributed by atoms with Crippen molar-refractivity contribution in [2.75, 3.05) is 0 Å². The van der Waals surface area contributed by atoms with Crippen molar-refractivity contribution in [1.82, 2.24) is 9.97 Å². The van der Waals surface area contributed by atoms with E-state index in [-0.39, 0.29) is 0 Å². The first-order chi connectivity index (χ1) is 26.8. The summed E-state index contributed by atoms with van der Waals surface area (Å²) in [5.74, 6) is 0.657. The van der Waals surface area contributed by atoms with Gasteiger partial charge < -0.3 is 4.42 Å². The van der Waals surface area contributed by atoms with Crippen LogP contribution in [0.5, 0.6) is 0 Å². The van der Waals surface area contributed by atoms with E-state index in [0.717, 1.165) is 44.4 Å². The Balaban J connectivity index is 1.31. The fraction of sp³-hybridized carbons (Fsp3) is 0.0196. The Morgan fingerprint density at radius 2 is 1.02 bits per heavy atom. The zero-order chi connectivity index (χ0) is 35.6. The van der Waals surface area contributed by atoms with Crippen LogP contribution in [0.15, 0.2) is 199 Å². The van der Waals surface area contributed by atoms with Gasteiger partial charge in [0.25, 0.3) is 0 Å². The fourth-order valence-electron chi connectivity index (χ4n) is 8.86. The first-order valence-electron chi connectivity index (χ1n) is 18.4. The summed E-state index contributed by atoms with van der Waals surface area (Å²) in [4.78, 5) is 10.9. The maximum Gasteiger partial charge on any atom is 0.180 e. The number of hydrogen-bond acceptors (Lipinski definition) is 3. The highest BCUT2D eigenvalue weighted by atomic mass is 16.3. The van der Waals surface area contributed by atoms with Gasteiger partial charge in [-0.05, 0) is 79.5 Å². The lowest BCUT2D eigenvalue weighted by Gasteiger charge is -2.34. The average Bonchev–Trinajstić information content (AvgIpc) is 3.77. The molecule has 0 fully saturated rings. The molecule has 1 aliphatic rings. The van der Waals surface area contributed by atoms with Crippen molar-refractivity contribution in [3.05, 3.63) is 216 Å². The summed E-state index contributed by atoms with van der Waals surface area (Å²) in [6.45, 7) is 0. The standard InChI is InChI=1S/C51H32N2O/c1-4-18-34(19-5-1)47-49-48(40-27-13-15-30-46(40)54-49)53-50(52-47)43-32-45-42(31-41(43)38-28-16-20-33-17-10-11-25-37(33)38)39-26-12-14-29-44(39)51(45,35-21-6-2-7-22-35)36-23-8-3-9-24-36/h1-32H. The van der Waals surface area contributed by atoms with Crippen molar-refractivity contribution < 1.29 is 4.42 Å². The molecule has 54 heavy (non-hydrogen) atoms. The maximum atomic E-state index is 6.54. The van der Waals surface area contributed by atoms with Gasteiger partial charge in [0.05, 0.1) is 5.41 Å². The molecule has 252 valence electrons. The van der Waals surface area contributed by atoms with Crippen molar-refractivity contribution in [2.45, 2.75) is 5.41 Å². The lowest BCUT2D eigenvalue weighted by atomic mass is 9.67. The maximum absolute atomic E-state index is 6.54. The van der Waals surface area contributed by atoms with Gasteiger partial charge in [0.1, 0.15) is 16.8 Å². The summed E-state index contributed by atoms with van der Waals surface area (Å²) in [7, 11) is 0. The van der Waals surface area contributed by atoms with Crippen molar-refractivity contribution in [3.8, 4) is 44.9 Å². The van der Waals surface area contributed by atoms with Crippen LogP contribution >= 0.6 is 0 Å². The summed E-state index contributed by atoms with van der Waals surface area (Å²) in [6, 6.07) is 69.3. The van der Waals surface area contributed by atoms with Crippen molar-refractivity contribution in [1.29, 1.82) is 0 Å². The quantitative estimate of drug-likeness (QED) is 0.181. The predicted molar refractivity (Wildman–Crippen MR) is 220 cm³/mol. The van der Waals surface area contributed by atoms with E-state index >= 15 is 0 Å². The lowest BCUT2D eigenvalue weighted by molar-refractivity contribution is 0.667. The normalized spacial score (nSPS) is 13.0. The molecule has 2 aromatic heterocycles. The lowest BCUT2D eigenvalue weighted by Crippen LogP contribution is -2.28. The molecule has 2 heterocycles. The van der Waals surface area contributed by atoms with Gasteiger partial charge in [-0.15, -0.1) is 0 Å². The molecule has 0 unspecified atom stereocenters. The van der Waals surface area contributed by atoms with Gasteiger partial charge in [-0.1, -0.05) is 170 Å². The van der Waals surface area contributed by atoms with Crippen molar-refractivity contribution >= 4 is 32.8 Å². The van der Waals surface area contributed by atoms with Crippen LogP contribution in [0.25, 0.3) is 77.7 Å². The van der Waals surface area contributed by atoms with E-state index in [1.165, 1.54) is 44.2 Å². The second-order valence-corrected chi connectivity index (χ2v) is 14.0. The monoisotopic (exact) mass is 688 g/mol. The molecule has 0 spiro atoms. The Hall–Kier alpha value is -7.10. The minimum atomic E-state index is -0.574. The van der Waals surface area contributed by atoms with Gasteiger partial charge >= 0.3 is 0 Å². The number of benzene rings is 8. The molecule has 0 bridgehead atoms. The number of furan rings is 1. The highest BCUT2D eigenvalue weighted by molar-refractivity contribution is 6.08. The van der Waals surface area contributed by atoms with Crippen LogP contribution in [-0.4, -0.2) is 9.97 Å². The van der Waals surface area contributed by atoms with Crippen LogP contribution in [0.2, 0.25) is 0 Å². The molecule has 11 rings (SSSR count). The Kier molecular flexibility index (Phi) is 6.77. The van der Waals surface area contributed by atoms with E-state index in [4.69, 9.17) is 14.4 Å². The van der Waals surface area contributed by atoms with Crippen LogP contribution < -0.4 is 0 Å². The number of hydrogen-bond donors (Lipinski definition) is 0. The summed E-state index contributed by atoms with van der Waals surface area (Å²) in [6.07, 6.45) is 0. The largest absolute Gasteiger partial charge is 0.452 e. The number of nitrogens with zero attached hydrogens (tertiary/aromatic N) is 2.